The molecule has 18 heavy (non-hydrogen) atoms. The van der Waals surface area contributed by atoms with Crippen molar-refractivity contribution in [3.8, 4) is 0 Å². The second-order valence-corrected chi connectivity index (χ2v) is 5.67. The summed E-state index contributed by atoms with van der Waals surface area (Å²) in [5.74, 6) is 0.332. The van der Waals surface area contributed by atoms with Crippen molar-refractivity contribution in [1.82, 2.24) is 9.80 Å². The van der Waals surface area contributed by atoms with Crippen LogP contribution in [0.5, 0.6) is 0 Å². The van der Waals surface area contributed by atoms with Crippen LogP contribution in [0.1, 0.15) is 45.4 Å². The Morgan fingerprint density at radius 2 is 2.00 bits per heavy atom. The number of hydrogen-bond acceptors (Lipinski definition) is 3. The number of likely N-dealkylation sites (tertiary alicyclic amines) is 1. The molecule has 2 fully saturated rings. The molecule has 1 unspecified atom stereocenters. The zero-order valence-electron chi connectivity index (χ0n) is 11.6. The van der Waals surface area contributed by atoms with Crippen molar-refractivity contribution in [2.45, 2.75) is 57.5 Å². The van der Waals surface area contributed by atoms with Gasteiger partial charge < -0.3 is 10.6 Å². The molecule has 0 aromatic heterocycles. The van der Waals surface area contributed by atoms with Crippen molar-refractivity contribution in [1.29, 1.82) is 0 Å². The van der Waals surface area contributed by atoms with Gasteiger partial charge in [-0.15, -0.1) is 0 Å². The van der Waals surface area contributed by atoms with E-state index in [4.69, 9.17) is 5.73 Å². The Morgan fingerprint density at radius 1 is 1.33 bits per heavy atom. The van der Waals surface area contributed by atoms with Crippen LogP contribution in [0.15, 0.2) is 0 Å². The number of carbonyl (C=O) groups is 1. The number of piperidine rings is 1. The normalized spacial score (nSPS) is 22.3. The molecule has 0 aromatic rings. The van der Waals surface area contributed by atoms with Crippen molar-refractivity contribution >= 4 is 5.91 Å². The van der Waals surface area contributed by atoms with Gasteiger partial charge in [-0.05, 0) is 52.0 Å². The zero-order valence-corrected chi connectivity index (χ0v) is 11.6. The summed E-state index contributed by atoms with van der Waals surface area (Å²) in [5, 5.41) is 0. The number of nitrogens with two attached hydrogens (primary N) is 1. The lowest BCUT2D eigenvalue weighted by molar-refractivity contribution is -0.137. The van der Waals surface area contributed by atoms with Gasteiger partial charge in [0.15, 0.2) is 0 Å². The Kier molecular flexibility index (Phi) is 5.01. The molecule has 4 nitrogen and oxygen atoms in total. The minimum atomic E-state index is 0.0437. The number of hydrogen-bond donors (Lipinski definition) is 1. The monoisotopic (exact) mass is 253 g/mol. The largest absolute Gasteiger partial charge is 0.341 e. The molecule has 104 valence electrons. The maximum atomic E-state index is 12.5. The quantitative estimate of drug-likeness (QED) is 0.774. The molecule has 1 amide bonds. The van der Waals surface area contributed by atoms with E-state index < -0.39 is 0 Å². The first-order valence-corrected chi connectivity index (χ1v) is 7.48. The Hall–Kier alpha value is -0.610. The summed E-state index contributed by atoms with van der Waals surface area (Å²) < 4.78 is 0. The molecule has 1 atom stereocenters. The molecule has 0 radical (unpaired) electrons. The van der Waals surface area contributed by atoms with Crippen LogP contribution in [-0.4, -0.2) is 54.0 Å². The lowest BCUT2D eigenvalue weighted by Crippen LogP contribution is -2.49. The van der Waals surface area contributed by atoms with Crippen LogP contribution in [0.25, 0.3) is 0 Å². The highest BCUT2D eigenvalue weighted by molar-refractivity contribution is 5.81. The number of rotatable bonds is 6. The molecule has 2 rings (SSSR count). The van der Waals surface area contributed by atoms with Gasteiger partial charge in [0.1, 0.15) is 0 Å². The Morgan fingerprint density at radius 3 is 2.56 bits per heavy atom. The van der Waals surface area contributed by atoms with Gasteiger partial charge in [-0.2, -0.15) is 0 Å². The van der Waals surface area contributed by atoms with E-state index >= 15 is 0 Å². The highest BCUT2D eigenvalue weighted by Crippen LogP contribution is 2.29. The van der Waals surface area contributed by atoms with Crippen molar-refractivity contribution in [2.75, 3.05) is 26.2 Å². The van der Waals surface area contributed by atoms with Crippen LogP contribution >= 0.6 is 0 Å². The van der Waals surface area contributed by atoms with E-state index in [1.54, 1.807) is 0 Å². The van der Waals surface area contributed by atoms with Crippen LogP contribution in [0.3, 0.4) is 0 Å². The average molecular weight is 253 g/mol. The smallest absolute Gasteiger partial charge is 0.239 e. The standard InChI is InChI=1S/C14H27N3O/c1-12(14(18)16-9-3-2-4-10-16)17(11-5-8-15)13-6-7-13/h12-13H,2-11,15H2,1H3. The molecule has 0 bridgehead atoms. The minimum Gasteiger partial charge on any atom is -0.341 e. The number of carbonyl (C=O) groups excluding carboxylic acids is 1. The fourth-order valence-corrected chi connectivity index (χ4v) is 2.89. The van der Waals surface area contributed by atoms with Crippen molar-refractivity contribution < 1.29 is 4.79 Å². The van der Waals surface area contributed by atoms with Gasteiger partial charge in [0, 0.05) is 25.7 Å². The Bertz CT molecular complexity index is 272. The van der Waals surface area contributed by atoms with E-state index in [1.165, 1.54) is 32.1 Å². The molecule has 1 aliphatic carbocycles. The van der Waals surface area contributed by atoms with Gasteiger partial charge >= 0.3 is 0 Å². The third kappa shape index (κ3) is 3.45. The first-order chi connectivity index (χ1) is 8.74. The highest BCUT2D eigenvalue weighted by atomic mass is 16.2. The fraction of sp³-hybridized carbons (Fsp3) is 0.929. The summed E-state index contributed by atoms with van der Waals surface area (Å²) in [6.45, 7) is 5.68. The maximum absolute atomic E-state index is 12.5. The lowest BCUT2D eigenvalue weighted by atomic mass is 10.1. The van der Waals surface area contributed by atoms with Gasteiger partial charge in [-0.25, -0.2) is 0 Å². The summed E-state index contributed by atoms with van der Waals surface area (Å²) in [5.41, 5.74) is 5.59. The maximum Gasteiger partial charge on any atom is 0.239 e. The number of amides is 1. The van der Waals surface area contributed by atoms with Gasteiger partial charge in [0.2, 0.25) is 5.91 Å². The van der Waals surface area contributed by atoms with E-state index in [9.17, 15) is 4.79 Å². The van der Waals surface area contributed by atoms with Crippen molar-refractivity contribution in [3.63, 3.8) is 0 Å². The molecular weight excluding hydrogens is 226 g/mol. The molecule has 0 aromatic carbocycles. The molecule has 1 saturated heterocycles. The van der Waals surface area contributed by atoms with Gasteiger partial charge in [0.25, 0.3) is 0 Å². The molecule has 1 saturated carbocycles. The van der Waals surface area contributed by atoms with E-state index in [-0.39, 0.29) is 6.04 Å². The molecule has 1 aliphatic heterocycles. The van der Waals surface area contributed by atoms with Crippen LogP contribution in [-0.2, 0) is 4.79 Å². The van der Waals surface area contributed by atoms with E-state index in [0.29, 0.717) is 18.5 Å². The fourth-order valence-electron chi connectivity index (χ4n) is 2.89. The molecule has 2 N–H and O–H groups in total. The summed E-state index contributed by atoms with van der Waals surface area (Å²) in [7, 11) is 0. The highest BCUT2D eigenvalue weighted by Gasteiger charge is 2.36. The summed E-state index contributed by atoms with van der Waals surface area (Å²) >= 11 is 0. The van der Waals surface area contributed by atoms with Gasteiger partial charge in [-0.1, -0.05) is 0 Å². The topological polar surface area (TPSA) is 49.6 Å². The molecular formula is C14H27N3O. The van der Waals surface area contributed by atoms with E-state index in [0.717, 1.165) is 26.1 Å². The van der Waals surface area contributed by atoms with Crippen molar-refractivity contribution in [3.05, 3.63) is 0 Å². The van der Waals surface area contributed by atoms with E-state index in [2.05, 4.69) is 16.7 Å². The summed E-state index contributed by atoms with van der Waals surface area (Å²) in [4.78, 5) is 16.9. The minimum absolute atomic E-state index is 0.0437. The summed E-state index contributed by atoms with van der Waals surface area (Å²) in [6, 6.07) is 0.683. The molecule has 2 aliphatic rings. The Labute approximate surface area is 110 Å². The lowest BCUT2D eigenvalue weighted by Gasteiger charge is -2.34. The molecule has 0 spiro atoms. The second kappa shape index (κ2) is 6.53. The predicted octanol–water partition coefficient (Wildman–Crippen LogP) is 1.20. The van der Waals surface area contributed by atoms with Crippen LogP contribution in [0, 0.1) is 0 Å². The first-order valence-electron chi connectivity index (χ1n) is 7.48. The SMILES string of the molecule is CC(C(=O)N1CCCCC1)N(CCCN)C1CC1. The van der Waals surface area contributed by atoms with Crippen molar-refractivity contribution in [2.24, 2.45) is 5.73 Å². The van der Waals surface area contributed by atoms with Crippen LogP contribution in [0.2, 0.25) is 0 Å². The first kappa shape index (κ1) is 13.8. The predicted molar refractivity (Wildman–Crippen MR) is 73.3 cm³/mol. The average Bonchev–Trinajstić information content (AvgIpc) is 3.24. The van der Waals surface area contributed by atoms with Crippen LogP contribution < -0.4 is 5.73 Å². The third-order valence-electron chi connectivity index (χ3n) is 4.16. The van der Waals surface area contributed by atoms with Gasteiger partial charge in [0.05, 0.1) is 6.04 Å². The number of nitrogens with zero attached hydrogens (tertiary/aromatic N) is 2. The second-order valence-electron chi connectivity index (χ2n) is 5.67. The molecule has 1 heterocycles. The van der Waals surface area contributed by atoms with Crippen LogP contribution in [0.4, 0.5) is 0 Å². The third-order valence-corrected chi connectivity index (χ3v) is 4.16. The Balaban J connectivity index is 1.89. The van der Waals surface area contributed by atoms with Gasteiger partial charge in [-0.3, -0.25) is 9.69 Å². The van der Waals surface area contributed by atoms with E-state index in [1.807, 2.05) is 0 Å². The summed E-state index contributed by atoms with van der Waals surface area (Å²) in [6.07, 6.45) is 7.12. The zero-order chi connectivity index (χ0) is 13.0. The molecule has 4 heteroatoms.